The zero-order valence-corrected chi connectivity index (χ0v) is 8.96. The van der Waals surface area contributed by atoms with Gasteiger partial charge >= 0.3 is 0 Å². The Bertz CT molecular complexity index is 363. The molecule has 0 radical (unpaired) electrons. The van der Waals surface area contributed by atoms with Gasteiger partial charge in [-0.15, -0.1) is 0 Å². The molecule has 0 fully saturated rings. The van der Waals surface area contributed by atoms with Gasteiger partial charge in [-0.1, -0.05) is 30.4 Å². The summed E-state index contributed by atoms with van der Waals surface area (Å²) in [6, 6.07) is 7.10. The van der Waals surface area contributed by atoms with Crippen LogP contribution in [0.15, 0.2) is 36.4 Å². The predicted molar refractivity (Wildman–Crippen MR) is 60.4 cm³/mol. The third kappa shape index (κ3) is 1.82. The Balaban J connectivity index is 2.37. The topological polar surface area (TPSA) is 12.0 Å². The number of nitrogens with one attached hydrogen (secondary N) is 1. The quantitative estimate of drug-likeness (QED) is 0.748. The zero-order valence-electron chi connectivity index (χ0n) is 8.96. The van der Waals surface area contributed by atoms with Crippen LogP contribution in [0, 0.1) is 5.82 Å². The Labute approximate surface area is 90.0 Å². The van der Waals surface area contributed by atoms with Crippen molar-refractivity contribution in [1.29, 1.82) is 0 Å². The minimum absolute atomic E-state index is 0.0694. The fourth-order valence-electron chi connectivity index (χ4n) is 2.39. The Kier molecular flexibility index (Phi) is 2.87. The zero-order chi connectivity index (χ0) is 10.7. The van der Waals surface area contributed by atoms with Crippen molar-refractivity contribution in [3.63, 3.8) is 0 Å². The monoisotopic (exact) mass is 205 g/mol. The van der Waals surface area contributed by atoms with E-state index in [2.05, 4.69) is 17.5 Å². The normalized spacial score (nSPS) is 18.3. The van der Waals surface area contributed by atoms with Crippen molar-refractivity contribution in [3.05, 3.63) is 47.8 Å². The number of benzene rings is 1. The lowest BCUT2D eigenvalue weighted by molar-refractivity contribution is 0.413. The van der Waals surface area contributed by atoms with E-state index in [4.69, 9.17) is 0 Å². The molecule has 0 amide bonds. The molecule has 1 aromatic rings. The molecule has 0 heterocycles. The lowest BCUT2D eigenvalue weighted by atomic mass is 9.78. The van der Waals surface area contributed by atoms with Crippen LogP contribution in [0.2, 0.25) is 0 Å². The summed E-state index contributed by atoms with van der Waals surface area (Å²) in [7, 11) is 1.92. The van der Waals surface area contributed by atoms with Gasteiger partial charge < -0.3 is 5.32 Å². The third-order valence-electron chi connectivity index (χ3n) is 3.14. The summed E-state index contributed by atoms with van der Waals surface area (Å²) in [6.07, 6.45) is 6.14. The molecule has 0 saturated carbocycles. The molecule has 0 aliphatic heterocycles. The number of likely N-dealkylation sites (N-methyl/N-ethyl adjacent to an activating group) is 1. The second-order valence-electron chi connectivity index (χ2n) is 4.17. The van der Waals surface area contributed by atoms with Gasteiger partial charge in [0.05, 0.1) is 0 Å². The second kappa shape index (κ2) is 4.15. The molecule has 1 aliphatic carbocycles. The van der Waals surface area contributed by atoms with Gasteiger partial charge in [-0.3, -0.25) is 0 Å². The molecule has 0 atom stereocenters. The number of rotatable bonds is 3. The summed E-state index contributed by atoms with van der Waals surface area (Å²) in [5, 5.41) is 3.17. The fraction of sp³-hybridized carbons (Fsp3) is 0.385. The Morgan fingerprint density at radius 1 is 1.27 bits per heavy atom. The van der Waals surface area contributed by atoms with Crippen LogP contribution in [0.25, 0.3) is 0 Å². The van der Waals surface area contributed by atoms with E-state index in [1.54, 1.807) is 12.1 Å². The van der Waals surface area contributed by atoms with E-state index in [0.29, 0.717) is 0 Å². The highest BCUT2D eigenvalue weighted by atomic mass is 19.1. The van der Waals surface area contributed by atoms with E-state index in [0.717, 1.165) is 24.9 Å². The average Bonchev–Trinajstić information content (AvgIpc) is 2.69. The van der Waals surface area contributed by atoms with Crippen molar-refractivity contribution >= 4 is 0 Å². The predicted octanol–water partition coefficient (Wildman–Crippen LogP) is 2.63. The first kappa shape index (κ1) is 10.4. The van der Waals surface area contributed by atoms with Gasteiger partial charge in [0.1, 0.15) is 5.82 Å². The summed E-state index contributed by atoms with van der Waals surface area (Å²) in [4.78, 5) is 0. The van der Waals surface area contributed by atoms with Crippen molar-refractivity contribution in [2.75, 3.05) is 13.6 Å². The fourth-order valence-corrected chi connectivity index (χ4v) is 2.39. The molecule has 80 valence electrons. The summed E-state index contributed by atoms with van der Waals surface area (Å²) < 4.78 is 13.8. The molecule has 2 heteroatoms. The van der Waals surface area contributed by atoms with Crippen LogP contribution >= 0.6 is 0 Å². The summed E-state index contributed by atoms with van der Waals surface area (Å²) >= 11 is 0. The molecule has 0 unspecified atom stereocenters. The second-order valence-corrected chi connectivity index (χ2v) is 4.17. The molecule has 1 nitrogen and oxygen atoms in total. The Morgan fingerprint density at radius 2 is 1.93 bits per heavy atom. The SMILES string of the molecule is CNCC1(c2ccccc2F)CC=CC1. The van der Waals surface area contributed by atoms with Crippen molar-refractivity contribution in [1.82, 2.24) is 5.32 Å². The van der Waals surface area contributed by atoms with Gasteiger partial charge in [0, 0.05) is 12.0 Å². The third-order valence-corrected chi connectivity index (χ3v) is 3.14. The van der Waals surface area contributed by atoms with Gasteiger partial charge in [0.2, 0.25) is 0 Å². The van der Waals surface area contributed by atoms with Gasteiger partial charge in [0.25, 0.3) is 0 Å². The first-order valence-electron chi connectivity index (χ1n) is 5.33. The highest BCUT2D eigenvalue weighted by Gasteiger charge is 2.34. The maximum absolute atomic E-state index is 13.8. The van der Waals surface area contributed by atoms with E-state index < -0.39 is 0 Å². The number of allylic oxidation sites excluding steroid dienone is 2. The van der Waals surface area contributed by atoms with E-state index in [9.17, 15) is 4.39 Å². The number of halogens is 1. The van der Waals surface area contributed by atoms with E-state index >= 15 is 0 Å². The van der Waals surface area contributed by atoms with Crippen LogP contribution in [-0.4, -0.2) is 13.6 Å². The minimum atomic E-state index is -0.0866. The maximum Gasteiger partial charge on any atom is 0.127 e. The average molecular weight is 205 g/mol. The van der Waals surface area contributed by atoms with Gasteiger partial charge in [-0.25, -0.2) is 4.39 Å². The van der Waals surface area contributed by atoms with Crippen LogP contribution in [0.4, 0.5) is 4.39 Å². The molecule has 2 rings (SSSR count). The van der Waals surface area contributed by atoms with Crippen LogP contribution in [0.5, 0.6) is 0 Å². The van der Waals surface area contributed by atoms with E-state index in [-0.39, 0.29) is 11.2 Å². The lowest BCUT2D eigenvalue weighted by Gasteiger charge is -2.29. The Morgan fingerprint density at radius 3 is 2.53 bits per heavy atom. The van der Waals surface area contributed by atoms with E-state index in [1.807, 2.05) is 19.2 Å². The van der Waals surface area contributed by atoms with Crippen molar-refractivity contribution in [2.24, 2.45) is 0 Å². The highest BCUT2D eigenvalue weighted by Crippen LogP contribution is 2.37. The first-order chi connectivity index (χ1) is 7.28. The molecular weight excluding hydrogens is 189 g/mol. The largest absolute Gasteiger partial charge is 0.319 e. The van der Waals surface area contributed by atoms with Crippen LogP contribution in [0.1, 0.15) is 18.4 Å². The smallest absolute Gasteiger partial charge is 0.127 e. The van der Waals surface area contributed by atoms with Gasteiger partial charge in [-0.2, -0.15) is 0 Å². The van der Waals surface area contributed by atoms with Crippen LogP contribution in [-0.2, 0) is 5.41 Å². The highest BCUT2D eigenvalue weighted by molar-refractivity contribution is 5.32. The van der Waals surface area contributed by atoms with Crippen LogP contribution < -0.4 is 5.32 Å². The lowest BCUT2D eigenvalue weighted by Crippen LogP contribution is -2.35. The first-order valence-corrected chi connectivity index (χ1v) is 5.33. The van der Waals surface area contributed by atoms with Crippen molar-refractivity contribution in [3.8, 4) is 0 Å². The van der Waals surface area contributed by atoms with E-state index in [1.165, 1.54) is 0 Å². The van der Waals surface area contributed by atoms with Crippen molar-refractivity contribution < 1.29 is 4.39 Å². The standard InChI is InChI=1S/C13H16FN/c1-15-10-13(8-4-5-9-13)11-6-2-3-7-12(11)14/h2-7,15H,8-10H2,1H3. The number of hydrogen-bond donors (Lipinski definition) is 1. The molecule has 0 saturated heterocycles. The Hall–Kier alpha value is -1.15. The molecule has 1 aromatic carbocycles. The molecule has 0 aromatic heterocycles. The molecule has 1 N–H and O–H groups in total. The van der Waals surface area contributed by atoms with Gasteiger partial charge in [-0.05, 0) is 31.5 Å². The molecule has 0 spiro atoms. The molecule has 1 aliphatic rings. The summed E-state index contributed by atoms with van der Waals surface area (Å²) in [5.74, 6) is -0.0866. The number of hydrogen-bond acceptors (Lipinski definition) is 1. The van der Waals surface area contributed by atoms with Gasteiger partial charge in [0.15, 0.2) is 0 Å². The molecule has 15 heavy (non-hydrogen) atoms. The maximum atomic E-state index is 13.8. The van der Waals surface area contributed by atoms with Crippen molar-refractivity contribution in [2.45, 2.75) is 18.3 Å². The molecule has 0 bridgehead atoms. The summed E-state index contributed by atoms with van der Waals surface area (Å²) in [6.45, 7) is 0.820. The molecular formula is C13H16FN. The minimum Gasteiger partial charge on any atom is -0.319 e. The van der Waals surface area contributed by atoms with Crippen LogP contribution in [0.3, 0.4) is 0 Å². The summed E-state index contributed by atoms with van der Waals surface area (Å²) in [5.41, 5.74) is 0.768.